The van der Waals surface area contributed by atoms with Crippen LogP contribution in [0.1, 0.15) is 17.4 Å². The molecular formula is C15H15N3O6. The number of para-hydroxylation sites is 1. The van der Waals surface area contributed by atoms with Gasteiger partial charge >= 0.3 is 5.97 Å². The highest BCUT2D eigenvalue weighted by molar-refractivity contribution is 6.00. The van der Waals surface area contributed by atoms with E-state index in [2.05, 4.69) is 4.98 Å². The molecule has 1 aliphatic rings. The van der Waals surface area contributed by atoms with E-state index in [0.717, 1.165) is 0 Å². The molecule has 1 unspecified atom stereocenters. The Bertz CT molecular complexity index is 830. The van der Waals surface area contributed by atoms with Crippen molar-refractivity contribution in [3.05, 3.63) is 40.1 Å². The van der Waals surface area contributed by atoms with Gasteiger partial charge < -0.3 is 19.7 Å². The molecule has 2 N–H and O–H groups in total. The number of H-pyrrole nitrogens is 1. The van der Waals surface area contributed by atoms with Crippen molar-refractivity contribution in [2.45, 2.75) is 19.1 Å². The van der Waals surface area contributed by atoms with Crippen molar-refractivity contribution in [1.82, 2.24) is 9.88 Å². The molecule has 1 amide bonds. The second-order valence-electron chi connectivity index (χ2n) is 5.67. The van der Waals surface area contributed by atoms with Crippen LogP contribution in [-0.2, 0) is 9.53 Å². The smallest absolute Gasteiger partial charge is 0.334 e. The van der Waals surface area contributed by atoms with Gasteiger partial charge in [0, 0.05) is 18.0 Å². The minimum atomic E-state index is -1.13. The second kappa shape index (κ2) is 5.93. The minimum absolute atomic E-state index is 0.0734. The number of carbonyl (C=O) groups is 2. The summed E-state index contributed by atoms with van der Waals surface area (Å²) in [6.45, 7) is 1.86. The van der Waals surface area contributed by atoms with Crippen LogP contribution in [0.25, 0.3) is 10.9 Å². The summed E-state index contributed by atoms with van der Waals surface area (Å²) in [6, 6.07) is 6.09. The number of nitrogens with zero attached hydrogens (tertiary/aromatic N) is 2. The van der Waals surface area contributed by atoms with Crippen LogP contribution in [-0.4, -0.2) is 57.1 Å². The van der Waals surface area contributed by atoms with Gasteiger partial charge in [0.1, 0.15) is 11.2 Å². The standard InChI is InChI=1S/C15H15N3O6/c1-8-6-17(7-12(24-8)15(20)21)14(19)10-5-9-3-2-4-11(18(22)23)13(9)16-10/h2-5,8,12,16H,6-7H2,1H3,(H,20,21)/t8-,12?/m1/s1. The van der Waals surface area contributed by atoms with Crippen LogP contribution in [0.5, 0.6) is 0 Å². The highest BCUT2D eigenvalue weighted by Gasteiger charge is 2.33. The molecule has 2 heterocycles. The normalized spacial score (nSPS) is 21.0. The Kier molecular flexibility index (Phi) is 3.94. The number of benzene rings is 1. The lowest BCUT2D eigenvalue weighted by Crippen LogP contribution is -2.51. The van der Waals surface area contributed by atoms with Crippen LogP contribution in [0.4, 0.5) is 5.69 Å². The van der Waals surface area contributed by atoms with Gasteiger partial charge in [-0.15, -0.1) is 0 Å². The highest BCUT2D eigenvalue weighted by atomic mass is 16.6. The van der Waals surface area contributed by atoms with Gasteiger partial charge in [0.15, 0.2) is 6.10 Å². The minimum Gasteiger partial charge on any atom is -0.479 e. The molecule has 3 rings (SSSR count). The number of aromatic nitrogens is 1. The average molecular weight is 333 g/mol. The third kappa shape index (κ3) is 2.81. The van der Waals surface area contributed by atoms with E-state index in [4.69, 9.17) is 9.84 Å². The van der Waals surface area contributed by atoms with E-state index < -0.39 is 29.0 Å². The fourth-order valence-corrected chi connectivity index (χ4v) is 2.83. The largest absolute Gasteiger partial charge is 0.479 e. The van der Waals surface area contributed by atoms with E-state index in [9.17, 15) is 19.7 Å². The summed E-state index contributed by atoms with van der Waals surface area (Å²) in [5.74, 6) is -1.55. The number of aliphatic carboxylic acids is 1. The first-order valence-corrected chi connectivity index (χ1v) is 7.30. The first-order chi connectivity index (χ1) is 11.4. The molecule has 1 aromatic carbocycles. The van der Waals surface area contributed by atoms with Gasteiger partial charge in [0.05, 0.1) is 17.6 Å². The first-order valence-electron chi connectivity index (χ1n) is 7.30. The van der Waals surface area contributed by atoms with Gasteiger partial charge in [-0.2, -0.15) is 0 Å². The Morgan fingerprint density at radius 1 is 1.42 bits per heavy atom. The van der Waals surface area contributed by atoms with E-state index in [0.29, 0.717) is 5.39 Å². The van der Waals surface area contributed by atoms with Crippen molar-refractivity contribution < 1.29 is 24.4 Å². The van der Waals surface area contributed by atoms with Crippen molar-refractivity contribution in [3.8, 4) is 0 Å². The number of nitro groups is 1. The molecule has 1 aromatic heterocycles. The van der Waals surface area contributed by atoms with E-state index in [1.165, 1.54) is 17.0 Å². The van der Waals surface area contributed by atoms with Crippen LogP contribution in [0, 0.1) is 10.1 Å². The summed E-state index contributed by atoms with van der Waals surface area (Å²) >= 11 is 0. The number of carboxylic acid groups (broad SMARTS) is 1. The fourth-order valence-electron chi connectivity index (χ4n) is 2.83. The van der Waals surface area contributed by atoms with Gasteiger partial charge in [-0.3, -0.25) is 14.9 Å². The zero-order valence-electron chi connectivity index (χ0n) is 12.8. The molecule has 1 fully saturated rings. The molecule has 1 aliphatic heterocycles. The van der Waals surface area contributed by atoms with Crippen molar-refractivity contribution >= 4 is 28.5 Å². The fraction of sp³-hybridized carbons (Fsp3) is 0.333. The Hall–Kier alpha value is -2.94. The van der Waals surface area contributed by atoms with Crippen LogP contribution in [0.15, 0.2) is 24.3 Å². The van der Waals surface area contributed by atoms with Gasteiger partial charge in [-0.05, 0) is 13.0 Å². The number of nitrogens with one attached hydrogen (secondary N) is 1. The molecule has 9 heteroatoms. The highest BCUT2D eigenvalue weighted by Crippen LogP contribution is 2.26. The van der Waals surface area contributed by atoms with E-state index in [1.54, 1.807) is 19.1 Å². The number of non-ortho nitro benzene ring substituents is 1. The summed E-state index contributed by atoms with van der Waals surface area (Å²) in [7, 11) is 0. The zero-order valence-corrected chi connectivity index (χ0v) is 12.8. The number of carboxylic acids is 1. The zero-order chi connectivity index (χ0) is 17.4. The Labute approximate surface area is 136 Å². The van der Waals surface area contributed by atoms with Crippen molar-refractivity contribution in [2.24, 2.45) is 0 Å². The van der Waals surface area contributed by atoms with Crippen molar-refractivity contribution in [2.75, 3.05) is 13.1 Å². The van der Waals surface area contributed by atoms with Crippen LogP contribution >= 0.6 is 0 Å². The Balaban J connectivity index is 1.92. The molecule has 24 heavy (non-hydrogen) atoms. The molecule has 2 atom stereocenters. The molecular weight excluding hydrogens is 318 g/mol. The monoisotopic (exact) mass is 333 g/mol. The molecule has 0 saturated carbocycles. The third-order valence-corrected chi connectivity index (χ3v) is 3.88. The summed E-state index contributed by atoms with van der Waals surface area (Å²) in [6.07, 6.45) is -1.50. The summed E-state index contributed by atoms with van der Waals surface area (Å²) in [5, 5.41) is 20.7. The number of hydrogen-bond donors (Lipinski definition) is 2. The summed E-state index contributed by atoms with van der Waals surface area (Å²) < 4.78 is 5.28. The lowest BCUT2D eigenvalue weighted by atomic mass is 10.2. The SMILES string of the molecule is C[C@@H]1CN(C(=O)c2cc3cccc([N+](=O)[O-])c3[nH]2)CC(C(=O)O)O1. The van der Waals surface area contributed by atoms with E-state index in [1.807, 2.05) is 0 Å². The summed E-state index contributed by atoms with van der Waals surface area (Å²) in [5.41, 5.74) is 0.324. The molecule has 0 radical (unpaired) electrons. The topological polar surface area (TPSA) is 126 Å². The number of fused-ring (bicyclic) bond motifs is 1. The predicted octanol–water partition coefficient (Wildman–Crippen LogP) is 1.39. The number of carbonyl (C=O) groups excluding carboxylic acids is 1. The van der Waals surface area contributed by atoms with Gasteiger partial charge in [-0.1, -0.05) is 12.1 Å². The van der Waals surface area contributed by atoms with E-state index >= 15 is 0 Å². The average Bonchev–Trinajstić information content (AvgIpc) is 2.97. The van der Waals surface area contributed by atoms with E-state index in [-0.39, 0.29) is 30.0 Å². The molecule has 126 valence electrons. The maximum absolute atomic E-state index is 12.6. The number of hydrogen-bond acceptors (Lipinski definition) is 5. The molecule has 2 aromatic rings. The molecule has 0 spiro atoms. The van der Waals surface area contributed by atoms with Gasteiger partial charge in [-0.25, -0.2) is 4.79 Å². The van der Waals surface area contributed by atoms with Crippen LogP contribution in [0.3, 0.4) is 0 Å². The van der Waals surface area contributed by atoms with Gasteiger partial charge in [0.25, 0.3) is 11.6 Å². The number of amides is 1. The van der Waals surface area contributed by atoms with Gasteiger partial charge in [0.2, 0.25) is 0 Å². The second-order valence-corrected chi connectivity index (χ2v) is 5.67. The maximum atomic E-state index is 12.6. The van der Waals surface area contributed by atoms with Crippen molar-refractivity contribution in [1.29, 1.82) is 0 Å². The lowest BCUT2D eigenvalue weighted by molar-refractivity contribution is -0.383. The summed E-state index contributed by atoms with van der Waals surface area (Å²) in [4.78, 5) is 38.5. The molecule has 0 bridgehead atoms. The molecule has 1 saturated heterocycles. The first kappa shape index (κ1) is 15.9. The molecule has 9 nitrogen and oxygen atoms in total. The van der Waals surface area contributed by atoms with Crippen molar-refractivity contribution in [3.63, 3.8) is 0 Å². The Morgan fingerprint density at radius 3 is 2.83 bits per heavy atom. The third-order valence-electron chi connectivity index (χ3n) is 3.88. The number of rotatable bonds is 3. The quantitative estimate of drug-likeness (QED) is 0.646. The van der Waals surface area contributed by atoms with Crippen LogP contribution in [0.2, 0.25) is 0 Å². The number of nitro benzene ring substituents is 1. The number of aromatic amines is 1. The number of ether oxygens (including phenoxy) is 1. The Morgan fingerprint density at radius 2 is 2.17 bits per heavy atom. The molecule has 0 aliphatic carbocycles. The lowest BCUT2D eigenvalue weighted by Gasteiger charge is -2.34. The predicted molar refractivity (Wildman–Crippen MR) is 82.8 cm³/mol. The van der Waals surface area contributed by atoms with Crippen LogP contribution < -0.4 is 0 Å². The maximum Gasteiger partial charge on any atom is 0.334 e. The number of morpholine rings is 1.